The first-order chi connectivity index (χ1) is 9.42. The van der Waals surface area contributed by atoms with E-state index in [2.05, 4.69) is 37.8 Å². The van der Waals surface area contributed by atoms with Crippen LogP contribution in [0.1, 0.15) is 32.8 Å². The van der Waals surface area contributed by atoms with E-state index in [-0.39, 0.29) is 5.41 Å². The second-order valence-electron chi connectivity index (χ2n) is 6.78. The number of likely N-dealkylation sites (tertiary alicyclic amines) is 1. The number of hydrogen-bond donors (Lipinski definition) is 1. The van der Waals surface area contributed by atoms with Gasteiger partial charge in [0.2, 0.25) is 0 Å². The Balaban J connectivity index is 2.02. The van der Waals surface area contributed by atoms with E-state index in [1.165, 1.54) is 18.5 Å². The van der Waals surface area contributed by atoms with Gasteiger partial charge in [-0.15, -0.1) is 0 Å². The van der Waals surface area contributed by atoms with Gasteiger partial charge in [0, 0.05) is 31.3 Å². The molecule has 1 aliphatic rings. The molecule has 0 saturated carbocycles. The van der Waals surface area contributed by atoms with E-state index >= 15 is 0 Å². The molecule has 0 bridgehead atoms. The van der Waals surface area contributed by atoms with Crippen molar-refractivity contribution in [3.63, 3.8) is 0 Å². The van der Waals surface area contributed by atoms with Crippen molar-refractivity contribution < 1.29 is 4.74 Å². The topological polar surface area (TPSA) is 38.5 Å². The Morgan fingerprint density at radius 1 is 1.30 bits per heavy atom. The molecule has 1 aliphatic heterocycles. The quantitative estimate of drug-likeness (QED) is 0.859. The third-order valence-corrected chi connectivity index (χ3v) is 4.59. The molecule has 1 heterocycles. The van der Waals surface area contributed by atoms with E-state index in [0.717, 1.165) is 18.8 Å². The van der Waals surface area contributed by atoms with Gasteiger partial charge in [0.1, 0.15) is 0 Å². The van der Waals surface area contributed by atoms with Crippen molar-refractivity contribution in [1.29, 1.82) is 0 Å². The molecule has 0 spiro atoms. The maximum atomic E-state index is 5.78. The minimum Gasteiger partial charge on any atom is -0.399 e. The third-order valence-electron chi connectivity index (χ3n) is 4.59. The van der Waals surface area contributed by atoms with Crippen molar-refractivity contribution in [2.24, 2.45) is 5.92 Å². The number of rotatable bonds is 4. The fourth-order valence-electron chi connectivity index (χ4n) is 3.13. The van der Waals surface area contributed by atoms with Crippen molar-refractivity contribution in [2.75, 3.05) is 32.5 Å². The first kappa shape index (κ1) is 15.3. The lowest BCUT2D eigenvalue weighted by atomic mass is 9.83. The van der Waals surface area contributed by atoms with Crippen LogP contribution in [0, 0.1) is 5.92 Å². The minimum atomic E-state index is 0.132. The summed E-state index contributed by atoms with van der Waals surface area (Å²) in [4.78, 5) is 2.53. The van der Waals surface area contributed by atoms with Gasteiger partial charge in [-0.1, -0.05) is 32.9 Å². The Morgan fingerprint density at radius 3 is 2.55 bits per heavy atom. The lowest BCUT2D eigenvalue weighted by Gasteiger charge is -2.40. The lowest BCUT2D eigenvalue weighted by molar-refractivity contribution is -0.00992. The second kappa shape index (κ2) is 6.15. The largest absolute Gasteiger partial charge is 0.399 e. The number of nitrogens with zero attached hydrogens (tertiary/aromatic N) is 1. The molecule has 0 amide bonds. The Labute approximate surface area is 123 Å². The normalized spacial score (nSPS) is 24.8. The van der Waals surface area contributed by atoms with Crippen LogP contribution >= 0.6 is 0 Å². The summed E-state index contributed by atoms with van der Waals surface area (Å²) in [6.45, 7) is 10.2. The smallest absolute Gasteiger partial charge is 0.0724 e. The molecule has 3 heteroatoms. The molecule has 1 fully saturated rings. The zero-order valence-electron chi connectivity index (χ0n) is 13.2. The fraction of sp³-hybridized carbons (Fsp3) is 0.647. The van der Waals surface area contributed by atoms with Crippen LogP contribution in [0.15, 0.2) is 24.3 Å². The van der Waals surface area contributed by atoms with Gasteiger partial charge in [0.25, 0.3) is 0 Å². The van der Waals surface area contributed by atoms with Crippen molar-refractivity contribution in [2.45, 2.75) is 38.7 Å². The molecule has 3 nitrogen and oxygen atoms in total. The summed E-state index contributed by atoms with van der Waals surface area (Å²) in [5.74, 6) is 0.663. The van der Waals surface area contributed by atoms with Gasteiger partial charge in [0.05, 0.1) is 6.10 Å². The van der Waals surface area contributed by atoms with E-state index < -0.39 is 0 Å². The number of nitrogens with two attached hydrogens (primary N) is 1. The number of hydrogen-bond acceptors (Lipinski definition) is 3. The average Bonchev–Trinajstić information content (AvgIpc) is 2.41. The molecule has 0 aliphatic carbocycles. The van der Waals surface area contributed by atoms with Gasteiger partial charge in [-0.3, -0.25) is 4.90 Å². The number of piperidine rings is 1. The lowest BCUT2D eigenvalue weighted by Crippen LogP contribution is -2.48. The zero-order chi connectivity index (χ0) is 14.8. The van der Waals surface area contributed by atoms with Crippen LogP contribution in [0.25, 0.3) is 0 Å². The van der Waals surface area contributed by atoms with Crippen molar-refractivity contribution in [3.05, 3.63) is 29.8 Å². The van der Waals surface area contributed by atoms with Gasteiger partial charge in [0.15, 0.2) is 0 Å². The maximum Gasteiger partial charge on any atom is 0.0724 e. The molecule has 0 aromatic heterocycles. The molecule has 2 N–H and O–H groups in total. The Hall–Kier alpha value is -1.06. The van der Waals surface area contributed by atoms with E-state index in [0.29, 0.717) is 12.0 Å². The summed E-state index contributed by atoms with van der Waals surface area (Å²) in [7, 11) is 1.83. The molecule has 2 atom stereocenters. The van der Waals surface area contributed by atoms with E-state index in [4.69, 9.17) is 10.5 Å². The molecule has 1 saturated heterocycles. The van der Waals surface area contributed by atoms with Crippen molar-refractivity contribution in [3.8, 4) is 0 Å². The highest BCUT2D eigenvalue weighted by molar-refractivity contribution is 5.41. The zero-order valence-corrected chi connectivity index (χ0v) is 13.2. The van der Waals surface area contributed by atoms with Crippen LogP contribution in [-0.2, 0) is 10.2 Å². The van der Waals surface area contributed by atoms with Crippen LogP contribution in [-0.4, -0.2) is 37.7 Å². The first-order valence-electron chi connectivity index (χ1n) is 7.53. The Bertz CT molecular complexity index is 427. The summed E-state index contributed by atoms with van der Waals surface area (Å²) in [5.41, 5.74) is 8.09. The molecule has 2 rings (SSSR count). The van der Waals surface area contributed by atoms with Gasteiger partial charge in [-0.2, -0.15) is 0 Å². The second-order valence-corrected chi connectivity index (χ2v) is 6.78. The predicted molar refractivity (Wildman–Crippen MR) is 84.9 cm³/mol. The van der Waals surface area contributed by atoms with Gasteiger partial charge >= 0.3 is 0 Å². The van der Waals surface area contributed by atoms with Crippen molar-refractivity contribution in [1.82, 2.24) is 4.90 Å². The highest BCUT2D eigenvalue weighted by Gasteiger charge is 2.30. The summed E-state index contributed by atoms with van der Waals surface area (Å²) >= 11 is 0. The van der Waals surface area contributed by atoms with Crippen LogP contribution in [0.3, 0.4) is 0 Å². The summed E-state index contributed by atoms with van der Waals surface area (Å²) in [5, 5.41) is 0. The minimum absolute atomic E-state index is 0.132. The number of benzene rings is 1. The molecular weight excluding hydrogens is 248 g/mol. The van der Waals surface area contributed by atoms with E-state index in [1.807, 2.05) is 19.2 Å². The van der Waals surface area contributed by atoms with Crippen LogP contribution in [0.2, 0.25) is 0 Å². The number of ether oxygens (including phenoxy) is 1. The van der Waals surface area contributed by atoms with Crippen LogP contribution in [0.4, 0.5) is 5.69 Å². The van der Waals surface area contributed by atoms with E-state index in [1.54, 1.807) is 0 Å². The third kappa shape index (κ3) is 3.53. The molecular formula is C17H28N2O. The Morgan fingerprint density at radius 2 is 1.95 bits per heavy atom. The predicted octanol–water partition coefficient (Wildman–Crippen LogP) is 2.90. The maximum absolute atomic E-state index is 5.78. The first-order valence-corrected chi connectivity index (χ1v) is 7.53. The molecule has 0 radical (unpaired) electrons. The highest BCUT2D eigenvalue weighted by Crippen LogP contribution is 2.28. The fourth-order valence-corrected chi connectivity index (χ4v) is 3.13. The number of nitrogen functional groups attached to an aromatic ring is 1. The Kier molecular flexibility index (Phi) is 4.71. The number of anilines is 1. The highest BCUT2D eigenvalue weighted by atomic mass is 16.5. The van der Waals surface area contributed by atoms with Crippen LogP contribution in [0.5, 0.6) is 0 Å². The number of methoxy groups -OCH3 is 1. The summed E-state index contributed by atoms with van der Waals surface area (Å²) < 4.78 is 5.61. The SMILES string of the molecule is COC1CN(CC(C)(C)c2ccc(N)cc2)CCC1C. The average molecular weight is 276 g/mol. The molecule has 112 valence electrons. The van der Waals surface area contributed by atoms with Crippen molar-refractivity contribution >= 4 is 5.69 Å². The molecule has 1 aromatic rings. The van der Waals surface area contributed by atoms with Crippen LogP contribution < -0.4 is 5.73 Å². The van der Waals surface area contributed by atoms with Gasteiger partial charge in [-0.25, -0.2) is 0 Å². The molecule has 1 aromatic carbocycles. The standard InChI is InChI=1S/C17H28N2O/c1-13-9-10-19(11-16(13)20-4)12-17(2,3)14-5-7-15(18)8-6-14/h5-8,13,16H,9-12,18H2,1-4H3. The summed E-state index contributed by atoms with van der Waals surface area (Å²) in [6, 6.07) is 8.28. The van der Waals surface area contributed by atoms with E-state index in [9.17, 15) is 0 Å². The van der Waals surface area contributed by atoms with Gasteiger partial charge in [-0.05, 0) is 36.6 Å². The van der Waals surface area contributed by atoms with Gasteiger partial charge < -0.3 is 10.5 Å². The monoisotopic (exact) mass is 276 g/mol. The molecule has 20 heavy (non-hydrogen) atoms. The molecule has 2 unspecified atom stereocenters. The summed E-state index contributed by atoms with van der Waals surface area (Å²) in [6.07, 6.45) is 1.59.